The summed E-state index contributed by atoms with van der Waals surface area (Å²) in [6.07, 6.45) is -4.60. The number of anilines is 1. The van der Waals surface area contributed by atoms with E-state index in [1.54, 1.807) is 6.92 Å². The van der Waals surface area contributed by atoms with Gasteiger partial charge in [-0.25, -0.2) is 9.48 Å². The van der Waals surface area contributed by atoms with Gasteiger partial charge in [0.2, 0.25) is 0 Å². The van der Waals surface area contributed by atoms with Crippen molar-refractivity contribution in [3.63, 3.8) is 0 Å². The third kappa shape index (κ3) is 3.29. The molecular weight excluding hydrogens is 370 g/mol. The summed E-state index contributed by atoms with van der Waals surface area (Å²) in [5.41, 5.74) is 5.07. The highest BCUT2D eigenvalue weighted by Gasteiger charge is 2.33. The number of carbonyl (C=O) groups excluding carboxylic acids is 1. The van der Waals surface area contributed by atoms with Crippen molar-refractivity contribution in [2.24, 2.45) is 0 Å². The van der Waals surface area contributed by atoms with Crippen LogP contribution in [0.25, 0.3) is 5.69 Å². The summed E-state index contributed by atoms with van der Waals surface area (Å²) < 4.78 is 44.3. The highest BCUT2D eigenvalue weighted by molar-refractivity contribution is 6.38. The minimum atomic E-state index is -4.60. The van der Waals surface area contributed by atoms with E-state index in [-0.39, 0.29) is 39.4 Å². The van der Waals surface area contributed by atoms with Gasteiger partial charge in [0.05, 0.1) is 27.9 Å². The van der Waals surface area contributed by atoms with Crippen molar-refractivity contribution in [1.29, 1.82) is 0 Å². The number of esters is 1. The van der Waals surface area contributed by atoms with Crippen molar-refractivity contribution in [2.45, 2.75) is 20.0 Å². The maximum atomic E-state index is 12.8. The number of carbonyl (C=O) groups is 1. The fourth-order valence-electron chi connectivity index (χ4n) is 2.10. The van der Waals surface area contributed by atoms with Crippen molar-refractivity contribution >= 4 is 35.0 Å². The average Bonchev–Trinajstić information content (AvgIpc) is 2.72. The fraction of sp³-hybridized carbons (Fsp3) is 0.286. The zero-order chi connectivity index (χ0) is 18.2. The lowest BCUT2D eigenvalue weighted by Crippen LogP contribution is -2.11. The van der Waals surface area contributed by atoms with E-state index in [0.717, 1.165) is 4.68 Å². The second-order valence-electron chi connectivity index (χ2n) is 4.76. The van der Waals surface area contributed by atoms with Gasteiger partial charge in [-0.3, -0.25) is 0 Å². The Morgan fingerprint density at radius 2 is 1.88 bits per heavy atom. The highest BCUT2D eigenvalue weighted by atomic mass is 35.5. The normalized spacial score (nSPS) is 11.6. The van der Waals surface area contributed by atoms with E-state index < -0.39 is 17.7 Å². The Hall–Kier alpha value is -1.93. The van der Waals surface area contributed by atoms with Crippen LogP contribution in [0.5, 0.6) is 0 Å². The Morgan fingerprint density at radius 3 is 2.33 bits per heavy atom. The van der Waals surface area contributed by atoms with Gasteiger partial charge in [0.1, 0.15) is 17.1 Å². The predicted molar refractivity (Wildman–Crippen MR) is 83.7 cm³/mol. The van der Waals surface area contributed by atoms with Crippen molar-refractivity contribution in [3.8, 4) is 5.69 Å². The van der Waals surface area contributed by atoms with Gasteiger partial charge in [0.15, 0.2) is 0 Å². The van der Waals surface area contributed by atoms with Crippen LogP contribution in [0.4, 0.5) is 19.0 Å². The molecule has 0 aliphatic heterocycles. The average molecular weight is 382 g/mol. The number of nitrogens with two attached hydrogens (primary N) is 1. The summed E-state index contributed by atoms with van der Waals surface area (Å²) in [4.78, 5) is 11.9. The van der Waals surface area contributed by atoms with Gasteiger partial charge in [0, 0.05) is 0 Å². The molecular formula is C14H12Cl2F3N3O2. The molecule has 0 fully saturated rings. The first-order chi connectivity index (χ1) is 11.1. The number of nitrogens with zero attached hydrogens (tertiary/aromatic N) is 2. The number of rotatable bonds is 3. The lowest BCUT2D eigenvalue weighted by Gasteiger charge is -2.13. The second-order valence-corrected chi connectivity index (χ2v) is 5.58. The standard InChI is InChI=1S/C14H12Cl2F3N3O2/c1-3-24-13(23)10-6(2)21-22(12(10)20)11-8(15)4-7(5-9(11)16)14(17,18)19/h4-5H,3,20H2,1-2H3. The van der Waals surface area contributed by atoms with Crippen molar-refractivity contribution in [1.82, 2.24) is 9.78 Å². The van der Waals surface area contributed by atoms with E-state index in [4.69, 9.17) is 33.7 Å². The summed E-state index contributed by atoms with van der Waals surface area (Å²) in [6, 6.07) is 1.42. The number of alkyl halides is 3. The molecule has 0 bridgehead atoms. The zero-order valence-electron chi connectivity index (χ0n) is 12.5. The molecule has 24 heavy (non-hydrogen) atoms. The van der Waals surface area contributed by atoms with Gasteiger partial charge >= 0.3 is 12.1 Å². The number of nitrogen functional groups attached to an aromatic ring is 1. The number of benzene rings is 1. The van der Waals surface area contributed by atoms with Gasteiger partial charge in [-0.15, -0.1) is 0 Å². The van der Waals surface area contributed by atoms with Crippen LogP contribution in [0.1, 0.15) is 28.5 Å². The first kappa shape index (κ1) is 18.4. The molecule has 0 saturated carbocycles. The summed E-state index contributed by atoms with van der Waals surface area (Å²) >= 11 is 11.9. The van der Waals surface area contributed by atoms with Gasteiger partial charge in [0.25, 0.3) is 0 Å². The number of halogens is 5. The Morgan fingerprint density at radius 1 is 1.33 bits per heavy atom. The molecule has 10 heteroatoms. The van der Waals surface area contributed by atoms with Crippen molar-refractivity contribution in [2.75, 3.05) is 12.3 Å². The molecule has 1 heterocycles. The third-order valence-corrected chi connectivity index (χ3v) is 3.71. The molecule has 0 amide bonds. The first-order valence-electron chi connectivity index (χ1n) is 6.66. The molecule has 2 N–H and O–H groups in total. The molecule has 1 aromatic carbocycles. The smallest absolute Gasteiger partial charge is 0.416 e. The number of hydrogen-bond donors (Lipinski definition) is 1. The molecule has 0 saturated heterocycles. The fourth-order valence-corrected chi connectivity index (χ4v) is 2.75. The SMILES string of the molecule is CCOC(=O)c1c(C)nn(-c2c(Cl)cc(C(F)(F)F)cc2Cl)c1N. The quantitative estimate of drug-likeness (QED) is 0.806. The maximum Gasteiger partial charge on any atom is 0.416 e. The Kier molecular flexibility index (Phi) is 5.00. The van der Waals surface area contributed by atoms with Crippen LogP contribution in [-0.2, 0) is 10.9 Å². The summed E-state index contributed by atoms with van der Waals surface area (Å²) in [7, 11) is 0. The van der Waals surface area contributed by atoms with Gasteiger partial charge in [-0.05, 0) is 26.0 Å². The first-order valence-corrected chi connectivity index (χ1v) is 7.42. The molecule has 0 radical (unpaired) electrons. The van der Waals surface area contributed by atoms with E-state index in [0.29, 0.717) is 12.1 Å². The molecule has 0 spiro atoms. The molecule has 130 valence electrons. The van der Waals surface area contributed by atoms with E-state index in [1.165, 1.54) is 6.92 Å². The van der Waals surface area contributed by atoms with Crippen LogP contribution in [0.2, 0.25) is 10.0 Å². The van der Waals surface area contributed by atoms with Crippen LogP contribution in [0, 0.1) is 6.92 Å². The molecule has 2 rings (SSSR count). The van der Waals surface area contributed by atoms with Crippen LogP contribution in [0.3, 0.4) is 0 Å². The molecule has 0 unspecified atom stereocenters. The van der Waals surface area contributed by atoms with Crippen LogP contribution >= 0.6 is 23.2 Å². The summed E-state index contributed by atoms with van der Waals surface area (Å²) in [5.74, 6) is -0.826. The molecule has 0 aliphatic rings. The zero-order valence-corrected chi connectivity index (χ0v) is 14.1. The summed E-state index contributed by atoms with van der Waals surface area (Å²) in [5, 5.41) is 3.43. The second kappa shape index (κ2) is 6.52. The van der Waals surface area contributed by atoms with Gasteiger partial charge in [-0.1, -0.05) is 23.2 Å². The van der Waals surface area contributed by atoms with Crippen molar-refractivity contribution < 1.29 is 22.7 Å². The van der Waals surface area contributed by atoms with Gasteiger partial charge in [-0.2, -0.15) is 18.3 Å². The minimum absolute atomic E-state index is 0.00359. The number of aromatic nitrogens is 2. The third-order valence-electron chi connectivity index (χ3n) is 3.13. The lowest BCUT2D eigenvalue weighted by molar-refractivity contribution is -0.137. The molecule has 0 atom stereocenters. The molecule has 2 aromatic rings. The van der Waals surface area contributed by atoms with E-state index in [9.17, 15) is 18.0 Å². The van der Waals surface area contributed by atoms with Gasteiger partial charge < -0.3 is 10.5 Å². The Bertz CT molecular complexity index is 780. The Labute approximate surface area is 145 Å². The van der Waals surface area contributed by atoms with E-state index in [1.807, 2.05) is 0 Å². The van der Waals surface area contributed by atoms with E-state index >= 15 is 0 Å². The molecule has 5 nitrogen and oxygen atoms in total. The highest BCUT2D eigenvalue weighted by Crippen LogP contribution is 2.38. The van der Waals surface area contributed by atoms with Crippen molar-refractivity contribution in [3.05, 3.63) is 39.0 Å². The monoisotopic (exact) mass is 381 g/mol. The number of hydrogen-bond acceptors (Lipinski definition) is 4. The maximum absolute atomic E-state index is 12.8. The number of aryl methyl sites for hydroxylation is 1. The molecule has 1 aromatic heterocycles. The van der Waals surface area contributed by atoms with Crippen LogP contribution in [0.15, 0.2) is 12.1 Å². The Balaban J connectivity index is 2.62. The minimum Gasteiger partial charge on any atom is -0.462 e. The largest absolute Gasteiger partial charge is 0.462 e. The van der Waals surface area contributed by atoms with Crippen LogP contribution in [-0.4, -0.2) is 22.4 Å². The number of ether oxygens (including phenoxy) is 1. The summed E-state index contributed by atoms with van der Waals surface area (Å²) in [6.45, 7) is 3.26. The van der Waals surface area contributed by atoms with E-state index in [2.05, 4.69) is 5.10 Å². The van der Waals surface area contributed by atoms with Crippen LogP contribution < -0.4 is 5.73 Å². The predicted octanol–water partition coefficient (Wildman–Crippen LogP) is 4.27. The molecule has 0 aliphatic carbocycles. The topological polar surface area (TPSA) is 70.1 Å². The lowest BCUT2D eigenvalue weighted by atomic mass is 10.2.